The number of nitrogens with zero attached hydrogens (tertiary/aromatic N) is 1. The molecule has 3 N–H and O–H groups in total. The van der Waals surface area contributed by atoms with Gasteiger partial charge in [-0.15, -0.1) is 0 Å². The average Bonchev–Trinajstić information content (AvgIpc) is 2.11. The van der Waals surface area contributed by atoms with Gasteiger partial charge in [-0.2, -0.15) is 0 Å². The molecule has 0 aliphatic heterocycles. The molecule has 100 valence electrons. The van der Waals surface area contributed by atoms with Crippen molar-refractivity contribution in [2.24, 2.45) is 11.8 Å². The fourth-order valence-corrected chi connectivity index (χ4v) is 1.38. The first-order valence-corrected chi connectivity index (χ1v) is 5.52. The summed E-state index contributed by atoms with van der Waals surface area (Å²) in [7, 11) is 3.65. The molecule has 6 heteroatoms. The van der Waals surface area contributed by atoms with Gasteiger partial charge in [0.25, 0.3) is 0 Å². The van der Waals surface area contributed by atoms with Crippen molar-refractivity contribution in [2.75, 3.05) is 20.6 Å². The van der Waals surface area contributed by atoms with Gasteiger partial charge < -0.3 is 9.64 Å². The number of hydrogen-bond acceptors (Lipinski definition) is 5. The summed E-state index contributed by atoms with van der Waals surface area (Å²) in [5, 5.41) is 0. The Kier molecular flexibility index (Phi) is 6.12. The number of rotatable bonds is 5. The van der Waals surface area contributed by atoms with E-state index in [9.17, 15) is 9.59 Å². The second-order valence-corrected chi connectivity index (χ2v) is 5.26. The lowest BCUT2D eigenvalue weighted by Crippen LogP contribution is -2.41. The van der Waals surface area contributed by atoms with E-state index in [0.717, 1.165) is 0 Å². The minimum atomic E-state index is -0.543. The molecule has 0 aromatic carbocycles. The molecular weight excluding hydrogens is 222 g/mol. The van der Waals surface area contributed by atoms with Crippen molar-refractivity contribution in [3.63, 3.8) is 0 Å². The van der Waals surface area contributed by atoms with Crippen molar-refractivity contribution in [2.45, 2.75) is 32.8 Å². The molecular formula is C11H23N3O3. The number of hydrogen-bond donors (Lipinski definition) is 2. The first-order valence-electron chi connectivity index (χ1n) is 5.52. The van der Waals surface area contributed by atoms with Crippen molar-refractivity contribution in [1.29, 1.82) is 0 Å². The Morgan fingerprint density at radius 3 is 2.24 bits per heavy atom. The molecule has 0 aromatic rings. The summed E-state index contributed by atoms with van der Waals surface area (Å²) in [4.78, 5) is 24.9. The van der Waals surface area contributed by atoms with Crippen LogP contribution < -0.4 is 11.3 Å². The van der Waals surface area contributed by atoms with Crippen LogP contribution in [0, 0.1) is 5.92 Å². The van der Waals surface area contributed by atoms with Crippen LogP contribution in [0.3, 0.4) is 0 Å². The number of amides is 1. The van der Waals surface area contributed by atoms with Crippen LogP contribution in [0.4, 0.5) is 0 Å². The van der Waals surface area contributed by atoms with E-state index >= 15 is 0 Å². The number of nitrogens with two attached hydrogens (primary N) is 1. The molecule has 0 aromatic heterocycles. The number of hydrazine groups is 1. The summed E-state index contributed by atoms with van der Waals surface area (Å²) in [5.41, 5.74) is 1.52. The second-order valence-electron chi connectivity index (χ2n) is 5.26. The standard InChI is InChI=1S/C11H23N3O3/c1-11(2,3)17-9(15)6-8(7-14(4)5)10(16)13-12/h8H,6-7,12H2,1-5H3,(H,13,16)/t8-/m1/s1. The molecule has 0 saturated carbocycles. The molecule has 0 aliphatic rings. The van der Waals surface area contributed by atoms with Crippen LogP contribution in [0.25, 0.3) is 0 Å². The van der Waals surface area contributed by atoms with Crippen LogP contribution in [-0.4, -0.2) is 43.0 Å². The van der Waals surface area contributed by atoms with Crippen molar-refractivity contribution >= 4 is 11.9 Å². The smallest absolute Gasteiger partial charge is 0.307 e. The highest BCUT2D eigenvalue weighted by Gasteiger charge is 2.25. The third kappa shape index (κ3) is 7.70. The maximum Gasteiger partial charge on any atom is 0.307 e. The Hall–Kier alpha value is -1.14. The van der Waals surface area contributed by atoms with Gasteiger partial charge in [0, 0.05) is 6.54 Å². The number of carbonyl (C=O) groups excluding carboxylic acids is 2. The Morgan fingerprint density at radius 1 is 1.35 bits per heavy atom. The molecule has 0 saturated heterocycles. The van der Waals surface area contributed by atoms with E-state index in [4.69, 9.17) is 10.6 Å². The van der Waals surface area contributed by atoms with E-state index in [0.29, 0.717) is 6.54 Å². The van der Waals surface area contributed by atoms with Crippen molar-refractivity contribution < 1.29 is 14.3 Å². The highest BCUT2D eigenvalue weighted by Crippen LogP contribution is 2.12. The Balaban J connectivity index is 4.43. The predicted octanol–water partition coefficient (Wildman–Crippen LogP) is -0.114. The Bertz CT molecular complexity index is 272. The third-order valence-electron chi connectivity index (χ3n) is 1.93. The lowest BCUT2D eigenvalue weighted by Gasteiger charge is -2.23. The molecule has 0 bridgehead atoms. The van der Waals surface area contributed by atoms with Crippen molar-refractivity contribution in [3.05, 3.63) is 0 Å². The van der Waals surface area contributed by atoms with Crippen LogP contribution in [0.2, 0.25) is 0 Å². The zero-order valence-corrected chi connectivity index (χ0v) is 11.2. The summed E-state index contributed by atoms with van der Waals surface area (Å²) >= 11 is 0. The van der Waals surface area contributed by atoms with Gasteiger partial charge in [-0.05, 0) is 34.9 Å². The molecule has 0 aliphatic carbocycles. The zero-order valence-electron chi connectivity index (χ0n) is 11.2. The summed E-state index contributed by atoms with van der Waals surface area (Å²) in [6.07, 6.45) is 0.0263. The SMILES string of the molecule is CN(C)C[C@@H](CC(=O)OC(C)(C)C)C(=O)NN. The normalized spacial score (nSPS) is 13.4. The van der Waals surface area contributed by atoms with Gasteiger partial charge >= 0.3 is 5.97 Å². The topological polar surface area (TPSA) is 84.7 Å². The molecule has 0 heterocycles. The molecule has 6 nitrogen and oxygen atoms in total. The molecule has 0 spiro atoms. The Labute approximate surface area is 102 Å². The van der Waals surface area contributed by atoms with E-state index in [-0.39, 0.29) is 12.3 Å². The van der Waals surface area contributed by atoms with Crippen LogP contribution in [0.1, 0.15) is 27.2 Å². The molecule has 1 atom stereocenters. The van der Waals surface area contributed by atoms with E-state index in [1.165, 1.54) is 0 Å². The van der Waals surface area contributed by atoms with E-state index in [2.05, 4.69) is 5.43 Å². The molecule has 1 amide bonds. The summed E-state index contributed by atoms with van der Waals surface area (Å²) in [6.45, 7) is 5.81. The summed E-state index contributed by atoms with van der Waals surface area (Å²) in [5.74, 6) is 3.83. The fourth-order valence-electron chi connectivity index (χ4n) is 1.38. The highest BCUT2D eigenvalue weighted by molar-refractivity contribution is 5.83. The van der Waals surface area contributed by atoms with Gasteiger partial charge in [-0.3, -0.25) is 15.0 Å². The fraction of sp³-hybridized carbons (Fsp3) is 0.818. The summed E-state index contributed by atoms with van der Waals surface area (Å²) in [6, 6.07) is 0. The van der Waals surface area contributed by atoms with Gasteiger partial charge in [0.15, 0.2) is 0 Å². The first-order chi connectivity index (χ1) is 7.65. The monoisotopic (exact) mass is 245 g/mol. The van der Waals surface area contributed by atoms with Gasteiger partial charge in [0.1, 0.15) is 5.60 Å². The van der Waals surface area contributed by atoms with Gasteiger partial charge in [-0.1, -0.05) is 0 Å². The van der Waals surface area contributed by atoms with Gasteiger partial charge in [-0.25, -0.2) is 5.84 Å². The zero-order chi connectivity index (χ0) is 13.6. The van der Waals surface area contributed by atoms with E-state index < -0.39 is 17.5 Å². The molecule has 0 radical (unpaired) electrons. The molecule has 0 rings (SSSR count). The number of ether oxygens (including phenoxy) is 1. The quantitative estimate of drug-likeness (QED) is 0.305. The number of esters is 1. The first kappa shape index (κ1) is 15.9. The van der Waals surface area contributed by atoms with Crippen LogP contribution in [0.5, 0.6) is 0 Å². The van der Waals surface area contributed by atoms with Crippen molar-refractivity contribution in [1.82, 2.24) is 10.3 Å². The number of carbonyl (C=O) groups is 2. The molecule has 17 heavy (non-hydrogen) atoms. The van der Waals surface area contributed by atoms with Crippen molar-refractivity contribution in [3.8, 4) is 0 Å². The van der Waals surface area contributed by atoms with Crippen LogP contribution in [-0.2, 0) is 14.3 Å². The predicted molar refractivity (Wildman–Crippen MR) is 64.8 cm³/mol. The molecule has 0 fully saturated rings. The maximum absolute atomic E-state index is 11.6. The third-order valence-corrected chi connectivity index (χ3v) is 1.93. The minimum Gasteiger partial charge on any atom is -0.460 e. The van der Waals surface area contributed by atoms with E-state index in [1.54, 1.807) is 20.8 Å². The maximum atomic E-state index is 11.6. The number of nitrogens with one attached hydrogen (secondary N) is 1. The summed E-state index contributed by atoms with van der Waals surface area (Å²) < 4.78 is 5.17. The average molecular weight is 245 g/mol. The molecule has 0 unspecified atom stereocenters. The van der Waals surface area contributed by atoms with Gasteiger partial charge in [0.2, 0.25) is 5.91 Å². The lowest BCUT2D eigenvalue weighted by molar-refractivity contribution is -0.157. The second kappa shape index (κ2) is 6.56. The van der Waals surface area contributed by atoms with Crippen LogP contribution >= 0.6 is 0 Å². The Morgan fingerprint density at radius 2 is 1.88 bits per heavy atom. The van der Waals surface area contributed by atoms with E-state index in [1.807, 2.05) is 19.0 Å². The minimum absolute atomic E-state index is 0.0263. The van der Waals surface area contributed by atoms with Gasteiger partial charge in [0.05, 0.1) is 12.3 Å². The largest absolute Gasteiger partial charge is 0.460 e. The highest BCUT2D eigenvalue weighted by atomic mass is 16.6. The lowest BCUT2D eigenvalue weighted by atomic mass is 10.0. The van der Waals surface area contributed by atoms with Crippen LogP contribution in [0.15, 0.2) is 0 Å².